The van der Waals surface area contributed by atoms with Crippen molar-refractivity contribution in [2.45, 2.75) is 59.5 Å². The molecule has 21 heavy (non-hydrogen) atoms. The summed E-state index contributed by atoms with van der Waals surface area (Å²) in [6.07, 6.45) is 4.55. The van der Waals surface area contributed by atoms with E-state index in [0.717, 1.165) is 12.8 Å². The van der Waals surface area contributed by atoms with Crippen molar-refractivity contribution in [2.24, 2.45) is 16.7 Å². The Bertz CT molecular complexity index is 543. The first-order chi connectivity index (χ1) is 9.88. The highest BCUT2D eigenvalue weighted by atomic mass is 16.5. The first-order valence-corrected chi connectivity index (χ1v) is 8.18. The number of hydrogen-bond acceptors (Lipinski definition) is 2. The zero-order chi connectivity index (χ0) is 15.3. The maximum atomic E-state index is 12.4. The summed E-state index contributed by atoms with van der Waals surface area (Å²) in [5.74, 6) is 0.537. The molecule has 2 aliphatic carbocycles. The van der Waals surface area contributed by atoms with E-state index in [-0.39, 0.29) is 22.9 Å². The Hall–Kier alpha value is -1.31. The topological polar surface area (TPSA) is 26.3 Å². The minimum Gasteiger partial charge on any atom is -0.458 e. The molecule has 114 valence electrons. The monoisotopic (exact) mass is 286 g/mol. The summed E-state index contributed by atoms with van der Waals surface area (Å²) in [5, 5.41) is 0. The van der Waals surface area contributed by atoms with Gasteiger partial charge in [0.25, 0.3) is 0 Å². The van der Waals surface area contributed by atoms with E-state index in [0.29, 0.717) is 11.5 Å². The van der Waals surface area contributed by atoms with Crippen LogP contribution in [0.3, 0.4) is 0 Å². The molecular weight excluding hydrogens is 260 g/mol. The minimum atomic E-state index is -0.160. The fourth-order valence-electron chi connectivity index (χ4n) is 4.38. The molecule has 0 N–H and O–H groups in total. The second kappa shape index (κ2) is 4.86. The number of ether oxygens (including phenoxy) is 1. The molecule has 0 radical (unpaired) electrons. The summed E-state index contributed by atoms with van der Waals surface area (Å²) in [6.45, 7) is 9.10. The van der Waals surface area contributed by atoms with Crippen molar-refractivity contribution >= 4 is 5.97 Å². The Balaban J connectivity index is 1.74. The third kappa shape index (κ3) is 2.11. The van der Waals surface area contributed by atoms with E-state index in [9.17, 15) is 4.79 Å². The van der Waals surface area contributed by atoms with Gasteiger partial charge in [0.15, 0.2) is 0 Å². The maximum Gasteiger partial charge on any atom is 0.338 e. The lowest BCUT2D eigenvalue weighted by atomic mass is 9.70. The average Bonchev–Trinajstić information content (AvgIpc) is 2.80. The lowest BCUT2D eigenvalue weighted by Crippen LogP contribution is -2.38. The number of carbonyl (C=O) groups excluding carboxylic acids is 1. The van der Waals surface area contributed by atoms with Gasteiger partial charge in [0.05, 0.1) is 5.56 Å². The zero-order valence-electron chi connectivity index (χ0n) is 13.6. The van der Waals surface area contributed by atoms with Crippen molar-refractivity contribution in [3.05, 3.63) is 35.4 Å². The molecular formula is C19H26O2. The van der Waals surface area contributed by atoms with Crippen molar-refractivity contribution in [1.82, 2.24) is 0 Å². The molecule has 2 bridgehead atoms. The van der Waals surface area contributed by atoms with Gasteiger partial charge in [-0.15, -0.1) is 0 Å². The van der Waals surface area contributed by atoms with Crippen molar-refractivity contribution < 1.29 is 9.53 Å². The van der Waals surface area contributed by atoms with Crippen molar-refractivity contribution in [3.63, 3.8) is 0 Å². The summed E-state index contributed by atoms with van der Waals surface area (Å²) in [5.41, 5.74) is 2.34. The maximum absolute atomic E-state index is 12.4. The number of hydrogen-bond donors (Lipinski definition) is 0. The Morgan fingerprint density at radius 1 is 1.24 bits per heavy atom. The Morgan fingerprint density at radius 2 is 1.90 bits per heavy atom. The van der Waals surface area contributed by atoms with E-state index in [1.807, 2.05) is 24.3 Å². The highest BCUT2D eigenvalue weighted by molar-refractivity contribution is 5.89. The largest absolute Gasteiger partial charge is 0.458 e. The number of carbonyl (C=O) groups is 1. The molecule has 2 saturated carbocycles. The molecule has 0 heterocycles. The number of fused-ring (bicyclic) bond motifs is 2. The summed E-state index contributed by atoms with van der Waals surface area (Å²) in [4.78, 5) is 12.4. The SMILES string of the molecule is CCc1ccc(C(=O)O[C@@H]2C[C@@H]3CC[C@@]2(C)C3(C)C)cc1. The summed E-state index contributed by atoms with van der Waals surface area (Å²) in [6, 6.07) is 7.82. The van der Waals surface area contributed by atoms with Crippen molar-refractivity contribution in [2.75, 3.05) is 0 Å². The van der Waals surface area contributed by atoms with Crippen LogP contribution >= 0.6 is 0 Å². The van der Waals surface area contributed by atoms with Crippen LogP contribution in [0.15, 0.2) is 24.3 Å². The van der Waals surface area contributed by atoms with E-state index < -0.39 is 0 Å². The molecule has 3 atom stereocenters. The smallest absolute Gasteiger partial charge is 0.338 e. The molecule has 0 unspecified atom stereocenters. The van der Waals surface area contributed by atoms with Crippen molar-refractivity contribution in [3.8, 4) is 0 Å². The molecule has 1 aromatic carbocycles. The molecule has 2 heteroatoms. The van der Waals surface area contributed by atoms with Crippen LogP contribution in [0.25, 0.3) is 0 Å². The Labute approximate surface area is 127 Å². The van der Waals surface area contributed by atoms with Gasteiger partial charge < -0.3 is 4.74 Å². The second-order valence-corrected chi connectivity index (χ2v) is 7.55. The van der Waals surface area contributed by atoms with Gasteiger partial charge in [0.2, 0.25) is 0 Å². The van der Waals surface area contributed by atoms with E-state index in [2.05, 4.69) is 27.7 Å². The third-order valence-electron chi connectivity index (χ3n) is 6.56. The fourth-order valence-corrected chi connectivity index (χ4v) is 4.38. The number of benzene rings is 1. The van der Waals surface area contributed by atoms with Gasteiger partial charge in [-0.3, -0.25) is 0 Å². The van der Waals surface area contributed by atoms with Gasteiger partial charge in [-0.2, -0.15) is 0 Å². The first kappa shape index (κ1) is 14.6. The lowest BCUT2D eigenvalue weighted by molar-refractivity contribution is -0.0242. The molecule has 0 aliphatic heterocycles. The van der Waals surface area contributed by atoms with Gasteiger partial charge >= 0.3 is 5.97 Å². The molecule has 2 nitrogen and oxygen atoms in total. The van der Waals surface area contributed by atoms with E-state index in [1.54, 1.807) is 0 Å². The van der Waals surface area contributed by atoms with Gasteiger partial charge in [-0.05, 0) is 54.7 Å². The van der Waals surface area contributed by atoms with Gasteiger partial charge in [-0.25, -0.2) is 4.79 Å². The molecule has 0 aromatic heterocycles. The van der Waals surface area contributed by atoms with Crippen LogP contribution in [0.1, 0.15) is 62.9 Å². The van der Waals surface area contributed by atoms with Crippen LogP contribution in [0.5, 0.6) is 0 Å². The average molecular weight is 286 g/mol. The molecule has 3 rings (SSSR count). The Morgan fingerprint density at radius 3 is 2.38 bits per heavy atom. The number of rotatable bonds is 3. The van der Waals surface area contributed by atoms with Crippen LogP contribution in [0.2, 0.25) is 0 Å². The normalized spacial score (nSPS) is 33.1. The summed E-state index contributed by atoms with van der Waals surface area (Å²) < 4.78 is 5.90. The summed E-state index contributed by atoms with van der Waals surface area (Å²) in [7, 11) is 0. The highest BCUT2D eigenvalue weighted by Gasteiger charge is 2.62. The minimum absolute atomic E-state index is 0.0737. The number of aryl methyl sites for hydroxylation is 1. The van der Waals surface area contributed by atoms with Crippen molar-refractivity contribution in [1.29, 1.82) is 0 Å². The molecule has 2 fully saturated rings. The van der Waals surface area contributed by atoms with Crippen LogP contribution in [0, 0.1) is 16.7 Å². The van der Waals surface area contributed by atoms with E-state index in [1.165, 1.54) is 18.4 Å². The predicted molar refractivity (Wildman–Crippen MR) is 84.3 cm³/mol. The molecule has 0 spiro atoms. The Kier molecular flexibility index (Phi) is 3.38. The van der Waals surface area contributed by atoms with Crippen LogP contribution in [0.4, 0.5) is 0 Å². The highest BCUT2D eigenvalue weighted by Crippen LogP contribution is 2.66. The predicted octanol–water partition coefficient (Wildman–Crippen LogP) is 4.62. The molecule has 0 amide bonds. The molecule has 2 aliphatic rings. The van der Waals surface area contributed by atoms with Gasteiger partial charge in [0.1, 0.15) is 6.10 Å². The lowest BCUT2D eigenvalue weighted by Gasteiger charge is -2.38. The summed E-state index contributed by atoms with van der Waals surface area (Å²) >= 11 is 0. The van der Waals surface area contributed by atoms with Crippen LogP contribution in [-0.2, 0) is 11.2 Å². The number of esters is 1. The molecule has 1 aromatic rings. The standard InChI is InChI=1S/C19H26O2/c1-5-13-6-8-14(9-7-13)17(20)21-16-12-15-10-11-19(16,4)18(15,2)3/h6-9,15-16H,5,10-12H2,1-4H3/t15-,16+,19+/m0/s1. The molecule has 0 saturated heterocycles. The van der Waals surface area contributed by atoms with Crippen LogP contribution < -0.4 is 0 Å². The van der Waals surface area contributed by atoms with E-state index in [4.69, 9.17) is 4.74 Å². The fraction of sp³-hybridized carbons (Fsp3) is 0.632. The van der Waals surface area contributed by atoms with Gasteiger partial charge in [0, 0.05) is 5.41 Å². The first-order valence-electron chi connectivity index (χ1n) is 8.18. The van der Waals surface area contributed by atoms with Gasteiger partial charge in [-0.1, -0.05) is 39.8 Å². The van der Waals surface area contributed by atoms with E-state index >= 15 is 0 Å². The van der Waals surface area contributed by atoms with Crippen LogP contribution in [-0.4, -0.2) is 12.1 Å². The zero-order valence-corrected chi connectivity index (χ0v) is 13.6. The second-order valence-electron chi connectivity index (χ2n) is 7.55. The quantitative estimate of drug-likeness (QED) is 0.758. The third-order valence-corrected chi connectivity index (χ3v) is 6.56.